The Labute approximate surface area is 164 Å². The van der Waals surface area contributed by atoms with E-state index in [1.807, 2.05) is 25.7 Å². The number of hydrogen-bond acceptors (Lipinski definition) is 4. The molecular formula is C19H27ClFN3O3. The SMILES string of the molecule is CC(C)(C)OC(=O)NCC1CCCN(CC(=O)Nc2cc(Cl)ccc2F)C1. The molecule has 6 nitrogen and oxygen atoms in total. The van der Waals surface area contributed by atoms with E-state index in [1.54, 1.807) is 0 Å². The van der Waals surface area contributed by atoms with Gasteiger partial charge in [-0.25, -0.2) is 9.18 Å². The number of halogens is 2. The Bertz CT molecular complexity index is 679. The number of amides is 2. The Morgan fingerprint density at radius 1 is 1.37 bits per heavy atom. The summed E-state index contributed by atoms with van der Waals surface area (Å²) < 4.78 is 19.0. The van der Waals surface area contributed by atoms with Gasteiger partial charge in [0.05, 0.1) is 12.2 Å². The molecule has 150 valence electrons. The molecule has 0 radical (unpaired) electrons. The molecule has 1 aromatic carbocycles. The van der Waals surface area contributed by atoms with Gasteiger partial charge >= 0.3 is 6.09 Å². The minimum absolute atomic E-state index is 0.0765. The molecular weight excluding hydrogens is 373 g/mol. The zero-order valence-corrected chi connectivity index (χ0v) is 16.7. The normalized spacial score (nSPS) is 18.0. The molecule has 2 N–H and O–H groups in total. The highest BCUT2D eigenvalue weighted by Gasteiger charge is 2.23. The molecule has 1 aromatic rings. The number of rotatable bonds is 5. The van der Waals surface area contributed by atoms with Gasteiger partial charge in [-0.1, -0.05) is 11.6 Å². The molecule has 1 fully saturated rings. The van der Waals surface area contributed by atoms with E-state index in [0.29, 0.717) is 18.1 Å². The lowest BCUT2D eigenvalue weighted by Gasteiger charge is -2.32. The zero-order valence-electron chi connectivity index (χ0n) is 16.0. The third kappa shape index (κ3) is 7.72. The summed E-state index contributed by atoms with van der Waals surface area (Å²) in [7, 11) is 0. The van der Waals surface area contributed by atoms with Gasteiger partial charge in [-0.2, -0.15) is 0 Å². The summed E-state index contributed by atoms with van der Waals surface area (Å²) in [4.78, 5) is 26.0. The lowest BCUT2D eigenvalue weighted by Crippen LogP contribution is -2.44. The van der Waals surface area contributed by atoms with Crippen LogP contribution in [-0.4, -0.2) is 48.7 Å². The number of ether oxygens (including phenoxy) is 1. The van der Waals surface area contributed by atoms with Gasteiger partial charge in [0.15, 0.2) is 0 Å². The van der Waals surface area contributed by atoms with Crippen LogP contribution in [0.3, 0.4) is 0 Å². The number of nitrogens with one attached hydrogen (secondary N) is 2. The maximum absolute atomic E-state index is 13.7. The average molecular weight is 400 g/mol. The lowest BCUT2D eigenvalue weighted by atomic mass is 9.98. The van der Waals surface area contributed by atoms with Crippen LogP contribution in [0.5, 0.6) is 0 Å². The van der Waals surface area contributed by atoms with Crippen molar-refractivity contribution < 1.29 is 18.7 Å². The summed E-state index contributed by atoms with van der Waals surface area (Å²) >= 11 is 5.84. The molecule has 0 aliphatic carbocycles. The third-order valence-electron chi connectivity index (χ3n) is 4.11. The van der Waals surface area contributed by atoms with Crippen molar-refractivity contribution in [2.45, 2.75) is 39.2 Å². The largest absolute Gasteiger partial charge is 0.444 e. The van der Waals surface area contributed by atoms with Crippen LogP contribution in [-0.2, 0) is 9.53 Å². The van der Waals surface area contributed by atoms with E-state index < -0.39 is 17.5 Å². The van der Waals surface area contributed by atoms with E-state index in [4.69, 9.17) is 16.3 Å². The molecule has 0 bridgehead atoms. The number of anilines is 1. The van der Waals surface area contributed by atoms with Crippen LogP contribution < -0.4 is 10.6 Å². The molecule has 1 heterocycles. The molecule has 2 rings (SSSR count). The van der Waals surface area contributed by atoms with Crippen molar-refractivity contribution in [2.75, 3.05) is 31.5 Å². The number of piperidine rings is 1. The van der Waals surface area contributed by atoms with Crippen molar-refractivity contribution in [3.05, 3.63) is 29.0 Å². The van der Waals surface area contributed by atoms with Crippen molar-refractivity contribution in [3.63, 3.8) is 0 Å². The fourth-order valence-corrected chi connectivity index (χ4v) is 3.16. The molecule has 0 spiro atoms. The van der Waals surface area contributed by atoms with Crippen LogP contribution in [0, 0.1) is 11.7 Å². The second-order valence-electron chi connectivity index (χ2n) is 7.80. The van der Waals surface area contributed by atoms with Gasteiger partial charge in [0.25, 0.3) is 0 Å². The van der Waals surface area contributed by atoms with E-state index in [1.165, 1.54) is 18.2 Å². The number of nitrogens with zero attached hydrogens (tertiary/aromatic N) is 1. The van der Waals surface area contributed by atoms with Crippen LogP contribution in [0.15, 0.2) is 18.2 Å². The predicted molar refractivity (Wildman–Crippen MR) is 103 cm³/mol. The summed E-state index contributed by atoms with van der Waals surface area (Å²) in [5.41, 5.74) is -0.455. The number of alkyl carbamates (subject to hydrolysis) is 1. The first-order chi connectivity index (χ1) is 12.6. The van der Waals surface area contributed by atoms with E-state index in [9.17, 15) is 14.0 Å². The quantitative estimate of drug-likeness (QED) is 0.792. The Morgan fingerprint density at radius 2 is 2.11 bits per heavy atom. The second kappa shape index (κ2) is 9.37. The minimum Gasteiger partial charge on any atom is -0.444 e. The fourth-order valence-electron chi connectivity index (χ4n) is 2.99. The van der Waals surface area contributed by atoms with Gasteiger partial charge in [0.2, 0.25) is 5.91 Å². The van der Waals surface area contributed by atoms with E-state index >= 15 is 0 Å². The molecule has 1 aliphatic rings. The smallest absolute Gasteiger partial charge is 0.407 e. The Hall–Kier alpha value is -1.86. The summed E-state index contributed by atoms with van der Waals surface area (Å²) in [6.07, 6.45) is 1.46. The second-order valence-corrected chi connectivity index (χ2v) is 8.23. The van der Waals surface area contributed by atoms with Crippen LogP contribution in [0.1, 0.15) is 33.6 Å². The molecule has 1 atom stereocenters. The molecule has 1 saturated heterocycles. The van der Waals surface area contributed by atoms with Crippen LogP contribution in [0.25, 0.3) is 0 Å². The number of benzene rings is 1. The van der Waals surface area contributed by atoms with Crippen molar-refractivity contribution in [1.29, 1.82) is 0 Å². The van der Waals surface area contributed by atoms with Gasteiger partial charge < -0.3 is 15.4 Å². The van der Waals surface area contributed by atoms with Crippen molar-refractivity contribution in [2.24, 2.45) is 5.92 Å². The molecule has 1 unspecified atom stereocenters. The molecule has 0 saturated carbocycles. The fraction of sp³-hybridized carbons (Fsp3) is 0.579. The summed E-state index contributed by atoms with van der Waals surface area (Å²) in [5, 5.41) is 5.70. The standard InChI is InChI=1S/C19H27ClFN3O3/c1-19(2,3)27-18(26)22-10-13-5-4-8-24(11-13)12-17(25)23-16-9-14(20)6-7-15(16)21/h6-7,9,13H,4-5,8,10-12H2,1-3H3,(H,22,26)(H,23,25). The highest BCUT2D eigenvalue weighted by molar-refractivity contribution is 6.30. The highest BCUT2D eigenvalue weighted by Crippen LogP contribution is 2.20. The van der Waals surface area contributed by atoms with E-state index in [-0.39, 0.29) is 24.1 Å². The minimum atomic E-state index is -0.531. The van der Waals surface area contributed by atoms with Gasteiger partial charge in [-0.05, 0) is 64.3 Å². The van der Waals surface area contributed by atoms with Crippen molar-refractivity contribution in [1.82, 2.24) is 10.2 Å². The first kappa shape index (κ1) is 21.4. The van der Waals surface area contributed by atoms with Crippen LogP contribution >= 0.6 is 11.6 Å². The Balaban J connectivity index is 1.79. The number of hydrogen-bond donors (Lipinski definition) is 2. The molecule has 8 heteroatoms. The first-order valence-corrected chi connectivity index (χ1v) is 9.44. The van der Waals surface area contributed by atoms with Crippen LogP contribution in [0.4, 0.5) is 14.9 Å². The molecule has 27 heavy (non-hydrogen) atoms. The maximum Gasteiger partial charge on any atom is 0.407 e. The van der Waals surface area contributed by atoms with Gasteiger partial charge in [0, 0.05) is 18.1 Å². The molecule has 1 aliphatic heterocycles. The topological polar surface area (TPSA) is 70.7 Å². The van der Waals surface area contributed by atoms with Crippen molar-refractivity contribution in [3.8, 4) is 0 Å². The summed E-state index contributed by atoms with van der Waals surface area (Å²) in [6, 6.07) is 4.04. The van der Waals surface area contributed by atoms with Gasteiger partial charge in [-0.3, -0.25) is 9.69 Å². The van der Waals surface area contributed by atoms with Crippen LogP contribution in [0.2, 0.25) is 5.02 Å². The number of carbonyl (C=O) groups is 2. The molecule has 2 amide bonds. The highest BCUT2D eigenvalue weighted by atomic mass is 35.5. The average Bonchev–Trinajstić information content (AvgIpc) is 2.55. The predicted octanol–water partition coefficient (Wildman–Crippen LogP) is 3.65. The number of carbonyl (C=O) groups excluding carboxylic acids is 2. The first-order valence-electron chi connectivity index (χ1n) is 9.06. The Kier molecular flexibility index (Phi) is 7.44. The molecule has 0 aromatic heterocycles. The zero-order chi connectivity index (χ0) is 20.0. The summed E-state index contributed by atoms with van der Waals surface area (Å²) in [5.74, 6) is -0.579. The third-order valence-corrected chi connectivity index (χ3v) is 4.34. The lowest BCUT2D eigenvalue weighted by molar-refractivity contribution is -0.117. The summed E-state index contributed by atoms with van der Waals surface area (Å²) in [6.45, 7) is 7.57. The van der Waals surface area contributed by atoms with Crippen molar-refractivity contribution >= 4 is 29.3 Å². The van der Waals surface area contributed by atoms with E-state index in [0.717, 1.165) is 19.4 Å². The monoisotopic (exact) mass is 399 g/mol. The van der Waals surface area contributed by atoms with Gasteiger partial charge in [0.1, 0.15) is 11.4 Å². The number of likely N-dealkylation sites (tertiary alicyclic amines) is 1. The Morgan fingerprint density at radius 3 is 2.81 bits per heavy atom. The maximum atomic E-state index is 13.7. The van der Waals surface area contributed by atoms with E-state index in [2.05, 4.69) is 10.6 Å². The van der Waals surface area contributed by atoms with Gasteiger partial charge in [-0.15, -0.1) is 0 Å².